The van der Waals surface area contributed by atoms with Gasteiger partial charge in [0.25, 0.3) is 5.56 Å². The number of rotatable bonds is 17. The van der Waals surface area contributed by atoms with E-state index in [9.17, 15) is 4.79 Å². The van der Waals surface area contributed by atoms with Crippen molar-refractivity contribution in [1.29, 1.82) is 5.41 Å². The number of aromatic amines is 1. The van der Waals surface area contributed by atoms with Crippen LogP contribution in [0, 0.1) is 5.41 Å². The van der Waals surface area contributed by atoms with Crippen molar-refractivity contribution >= 4 is 11.5 Å². The second-order valence-electron chi connectivity index (χ2n) is 9.28. The van der Waals surface area contributed by atoms with E-state index >= 15 is 0 Å². The Hall–Kier alpha value is -2.87. The number of hydrogen-bond donors (Lipinski definition) is 3. The minimum atomic E-state index is -0.252. The number of hydrogen-bond acceptors (Lipinski definition) is 6. The number of benzene rings is 1. The molecule has 2 rings (SSSR count). The molecule has 1 aromatic heterocycles. The van der Waals surface area contributed by atoms with E-state index < -0.39 is 0 Å². The van der Waals surface area contributed by atoms with Crippen molar-refractivity contribution in [2.24, 2.45) is 0 Å². The van der Waals surface area contributed by atoms with Gasteiger partial charge in [-0.2, -0.15) is 4.98 Å². The number of nitrogens with one attached hydrogen (secondary N) is 2. The minimum absolute atomic E-state index is 0.252. The van der Waals surface area contributed by atoms with Crippen LogP contribution in [0.2, 0.25) is 0 Å². The molecule has 2 aromatic rings. The SMILES string of the molecule is CCCCCCC(CCC)[NH2+]c1nc(Cc2cc(OC)c(OC)c(OC)c2)[nH]c(=O)c1C(=N)CCC. The van der Waals surface area contributed by atoms with Crippen LogP contribution in [0.3, 0.4) is 0 Å². The van der Waals surface area contributed by atoms with Crippen LogP contribution in [0.25, 0.3) is 0 Å². The maximum Gasteiger partial charge on any atom is 0.266 e. The average Bonchev–Trinajstić information content (AvgIpc) is 2.85. The third-order valence-corrected chi connectivity index (χ3v) is 6.38. The van der Waals surface area contributed by atoms with E-state index in [1.165, 1.54) is 19.3 Å². The fraction of sp³-hybridized carbons (Fsp3) is 0.607. The molecule has 8 heteroatoms. The molecule has 0 fully saturated rings. The predicted octanol–water partition coefficient (Wildman–Crippen LogP) is 4.89. The van der Waals surface area contributed by atoms with Crippen LogP contribution in [-0.4, -0.2) is 43.1 Å². The van der Waals surface area contributed by atoms with E-state index in [0.29, 0.717) is 59.0 Å². The number of nitrogens with zero attached hydrogens (tertiary/aromatic N) is 1. The van der Waals surface area contributed by atoms with Gasteiger partial charge < -0.3 is 24.6 Å². The number of aromatic nitrogens is 2. The lowest BCUT2D eigenvalue weighted by Crippen LogP contribution is -2.85. The Morgan fingerprint density at radius 2 is 1.67 bits per heavy atom. The van der Waals surface area contributed by atoms with Gasteiger partial charge in [-0.15, -0.1) is 0 Å². The fourth-order valence-electron chi connectivity index (χ4n) is 4.58. The molecule has 0 saturated heterocycles. The Morgan fingerprint density at radius 1 is 0.972 bits per heavy atom. The van der Waals surface area contributed by atoms with Crippen molar-refractivity contribution in [3.05, 3.63) is 39.4 Å². The molecular weight excluding hydrogens is 456 g/mol. The van der Waals surface area contributed by atoms with Gasteiger partial charge in [0.2, 0.25) is 11.6 Å². The largest absolute Gasteiger partial charge is 0.493 e. The maximum atomic E-state index is 13.2. The summed E-state index contributed by atoms with van der Waals surface area (Å²) in [4.78, 5) is 21.0. The van der Waals surface area contributed by atoms with Crippen molar-refractivity contribution in [3.63, 3.8) is 0 Å². The monoisotopic (exact) mass is 501 g/mol. The second kappa shape index (κ2) is 15.3. The summed E-state index contributed by atoms with van der Waals surface area (Å²) in [5.41, 5.74) is 1.37. The van der Waals surface area contributed by atoms with Crippen molar-refractivity contribution < 1.29 is 19.5 Å². The molecule has 200 valence electrons. The Bertz CT molecular complexity index is 1010. The Balaban J connectivity index is 2.45. The first-order valence-corrected chi connectivity index (χ1v) is 13.3. The molecule has 0 amide bonds. The zero-order valence-corrected chi connectivity index (χ0v) is 23.0. The average molecular weight is 502 g/mol. The molecule has 1 unspecified atom stereocenters. The number of quaternary nitrogens is 1. The highest BCUT2D eigenvalue weighted by Crippen LogP contribution is 2.38. The van der Waals surface area contributed by atoms with Crippen molar-refractivity contribution in [1.82, 2.24) is 9.97 Å². The highest BCUT2D eigenvalue weighted by Gasteiger charge is 2.23. The zero-order valence-electron chi connectivity index (χ0n) is 23.0. The van der Waals surface area contributed by atoms with Gasteiger partial charge in [-0.3, -0.25) is 10.1 Å². The number of methoxy groups -OCH3 is 3. The molecule has 0 saturated carbocycles. The van der Waals surface area contributed by atoms with Crippen molar-refractivity contribution in [2.75, 3.05) is 21.3 Å². The van der Waals surface area contributed by atoms with Gasteiger partial charge >= 0.3 is 0 Å². The maximum absolute atomic E-state index is 13.2. The predicted molar refractivity (Wildman–Crippen MR) is 145 cm³/mol. The van der Waals surface area contributed by atoms with Crippen LogP contribution in [0.4, 0.5) is 5.82 Å². The summed E-state index contributed by atoms with van der Waals surface area (Å²) in [6.07, 6.45) is 9.77. The molecule has 1 atom stereocenters. The molecule has 8 nitrogen and oxygen atoms in total. The summed E-state index contributed by atoms with van der Waals surface area (Å²) in [6.45, 7) is 6.43. The molecular formula is C28H45N4O4+. The smallest absolute Gasteiger partial charge is 0.266 e. The van der Waals surface area contributed by atoms with Crippen LogP contribution in [0.15, 0.2) is 16.9 Å². The second-order valence-corrected chi connectivity index (χ2v) is 9.28. The van der Waals surface area contributed by atoms with E-state index in [0.717, 1.165) is 37.7 Å². The lowest BCUT2D eigenvalue weighted by molar-refractivity contribution is -0.616. The van der Waals surface area contributed by atoms with Gasteiger partial charge in [0.1, 0.15) is 11.4 Å². The molecule has 1 aromatic carbocycles. The summed E-state index contributed by atoms with van der Waals surface area (Å²) in [7, 11) is 4.73. The van der Waals surface area contributed by atoms with E-state index in [-0.39, 0.29) is 5.56 Å². The van der Waals surface area contributed by atoms with Crippen LogP contribution in [0.5, 0.6) is 17.2 Å². The van der Waals surface area contributed by atoms with Gasteiger partial charge in [0.05, 0.1) is 33.1 Å². The van der Waals surface area contributed by atoms with Gasteiger partial charge in [-0.25, -0.2) is 0 Å². The molecule has 0 spiro atoms. The Labute approximate surface area is 215 Å². The molecule has 0 radical (unpaired) electrons. The Kier molecular flexibility index (Phi) is 12.5. The first-order chi connectivity index (χ1) is 17.4. The van der Waals surface area contributed by atoms with Crippen LogP contribution in [-0.2, 0) is 6.42 Å². The number of unbranched alkanes of at least 4 members (excludes halogenated alkanes) is 3. The van der Waals surface area contributed by atoms with Gasteiger partial charge in [0.15, 0.2) is 11.5 Å². The molecule has 0 bridgehead atoms. The van der Waals surface area contributed by atoms with Gasteiger partial charge in [-0.1, -0.05) is 52.9 Å². The van der Waals surface area contributed by atoms with E-state index in [4.69, 9.17) is 24.6 Å². The first kappa shape index (κ1) is 29.4. The van der Waals surface area contributed by atoms with E-state index in [2.05, 4.69) is 24.1 Å². The fourth-order valence-corrected chi connectivity index (χ4v) is 4.58. The topological polar surface area (TPSA) is 114 Å². The quantitative estimate of drug-likeness (QED) is 0.211. The zero-order chi connectivity index (χ0) is 26.5. The molecule has 4 N–H and O–H groups in total. The molecule has 0 aliphatic heterocycles. The minimum Gasteiger partial charge on any atom is -0.493 e. The summed E-state index contributed by atoms with van der Waals surface area (Å²) in [5, 5.41) is 10.7. The summed E-state index contributed by atoms with van der Waals surface area (Å²) in [5.74, 6) is 2.81. The lowest BCUT2D eigenvalue weighted by atomic mass is 10.0. The third-order valence-electron chi connectivity index (χ3n) is 6.38. The normalized spacial score (nSPS) is 11.8. The highest BCUT2D eigenvalue weighted by molar-refractivity contribution is 6.00. The van der Waals surface area contributed by atoms with Crippen molar-refractivity contribution in [2.45, 2.75) is 91.0 Å². The van der Waals surface area contributed by atoms with E-state index in [1.807, 2.05) is 19.1 Å². The van der Waals surface area contributed by atoms with Crippen LogP contribution in [0.1, 0.15) is 95.5 Å². The van der Waals surface area contributed by atoms with Crippen LogP contribution >= 0.6 is 0 Å². The standard InChI is InChI=1S/C28H44N4O4/c1-7-10-11-12-15-20(13-8-2)30-27-25(21(29)14-9-3)28(33)32-24(31-27)18-19-16-22(34-4)26(36-6)23(17-19)35-5/h16-17,20,29H,7-15,18H2,1-6H3,(H2,30,31,32,33)/p+1. The highest BCUT2D eigenvalue weighted by atomic mass is 16.5. The van der Waals surface area contributed by atoms with E-state index in [1.54, 1.807) is 21.3 Å². The van der Waals surface area contributed by atoms with Gasteiger partial charge in [-0.05, 0) is 43.4 Å². The molecule has 1 heterocycles. The van der Waals surface area contributed by atoms with Gasteiger partial charge in [0, 0.05) is 6.42 Å². The summed E-state index contributed by atoms with van der Waals surface area (Å²) >= 11 is 0. The van der Waals surface area contributed by atoms with Crippen molar-refractivity contribution in [3.8, 4) is 17.2 Å². The molecule has 0 aliphatic carbocycles. The van der Waals surface area contributed by atoms with Crippen LogP contribution < -0.4 is 25.1 Å². The first-order valence-electron chi connectivity index (χ1n) is 13.3. The summed E-state index contributed by atoms with van der Waals surface area (Å²) in [6, 6.07) is 4.07. The number of ether oxygens (including phenoxy) is 3. The third kappa shape index (κ3) is 8.08. The Morgan fingerprint density at radius 3 is 2.22 bits per heavy atom. The molecule has 36 heavy (non-hydrogen) atoms. The number of H-pyrrole nitrogens is 1. The lowest BCUT2D eigenvalue weighted by Gasteiger charge is -2.17. The number of nitrogens with two attached hydrogens (primary N) is 1. The summed E-state index contributed by atoms with van der Waals surface area (Å²) < 4.78 is 16.4. The molecule has 0 aliphatic rings.